The number of hydrogen-bond acceptors (Lipinski definition) is 8. The maximum Gasteiger partial charge on any atom is 0.422 e. The van der Waals surface area contributed by atoms with Crippen molar-refractivity contribution in [2.45, 2.75) is 70.0 Å². The summed E-state index contributed by atoms with van der Waals surface area (Å²) in [6.07, 6.45) is 5.64. The fourth-order valence-electron chi connectivity index (χ4n) is 9.71. The van der Waals surface area contributed by atoms with E-state index in [-0.39, 0.29) is 28.4 Å². The number of rotatable bonds is 8. The summed E-state index contributed by atoms with van der Waals surface area (Å²) in [6.45, 7) is 8.73. The van der Waals surface area contributed by atoms with Crippen LogP contribution in [0.2, 0.25) is 0 Å². The highest BCUT2D eigenvalue weighted by molar-refractivity contribution is 6.06. The van der Waals surface area contributed by atoms with Crippen molar-refractivity contribution in [2.75, 3.05) is 69.8 Å². The lowest BCUT2D eigenvalue weighted by molar-refractivity contribution is -0.153. The molecule has 3 saturated heterocycles. The normalized spacial score (nSPS) is 22.2. The Bertz CT molecular complexity index is 2100. The lowest BCUT2D eigenvalue weighted by atomic mass is 9.72. The van der Waals surface area contributed by atoms with E-state index in [0.717, 1.165) is 123 Å². The minimum Gasteiger partial charge on any atom is -0.481 e. The molecule has 1 N–H and O–H groups in total. The molecule has 5 fully saturated rings. The Labute approximate surface area is 307 Å². The molecule has 13 heteroatoms. The van der Waals surface area contributed by atoms with Gasteiger partial charge in [-0.25, -0.2) is 4.98 Å². The number of aryl methyl sites for hydroxylation is 1. The molecule has 10 nitrogen and oxygen atoms in total. The fraction of sp³-hybridized carbons (Fsp3) is 0.550. The van der Waals surface area contributed by atoms with Gasteiger partial charge >= 0.3 is 6.18 Å². The molecule has 4 aromatic rings. The molecule has 1 amide bonds. The molecule has 5 aliphatic rings. The number of H-pyrrole nitrogens is 1. The summed E-state index contributed by atoms with van der Waals surface area (Å²) >= 11 is 0. The van der Waals surface area contributed by atoms with Gasteiger partial charge in [-0.15, -0.1) is 0 Å². The average molecular weight is 729 g/mol. The quantitative estimate of drug-likeness (QED) is 0.198. The van der Waals surface area contributed by atoms with Crippen molar-refractivity contribution >= 4 is 39.5 Å². The second-order valence-electron chi connectivity index (χ2n) is 16.8. The van der Waals surface area contributed by atoms with Gasteiger partial charge in [0.15, 0.2) is 12.4 Å². The van der Waals surface area contributed by atoms with Crippen molar-refractivity contribution < 1.29 is 22.7 Å². The van der Waals surface area contributed by atoms with Gasteiger partial charge in [0.25, 0.3) is 0 Å². The van der Waals surface area contributed by atoms with Crippen LogP contribution in [-0.4, -0.2) is 108 Å². The first kappa shape index (κ1) is 34.4. The number of likely N-dealkylation sites (tertiary alicyclic amines) is 1. The molecule has 2 aromatic carbocycles. The lowest BCUT2D eigenvalue weighted by Gasteiger charge is -2.54. The van der Waals surface area contributed by atoms with E-state index in [1.54, 1.807) is 6.20 Å². The average Bonchev–Trinajstić information content (AvgIpc) is 3.65. The van der Waals surface area contributed by atoms with Gasteiger partial charge in [0.05, 0.1) is 11.7 Å². The number of anilines is 2. The number of hydrogen-bond donors (Lipinski definition) is 1. The van der Waals surface area contributed by atoms with Crippen LogP contribution >= 0.6 is 0 Å². The highest BCUT2D eigenvalue weighted by atomic mass is 19.4. The molecule has 2 spiro atoms. The van der Waals surface area contributed by atoms with Gasteiger partial charge in [0, 0.05) is 72.5 Å². The van der Waals surface area contributed by atoms with Crippen LogP contribution in [0.1, 0.15) is 62.0 Å². The minimum atomic E-state index is -4.55. The zero-order chi connectivity index (χ0) is 36.9. The third kappa shape index (κ3) is 5.99. The summed E-state index contributed by atoms with van der Waals surface area (Å²) in [5, 5.41) is 8.92. The Morgan fingerprint density at radius 2 is 1.77 bits per heavy atom. The monoisotopic (exact) mass is 728 g/mol. The molecule has 0 bridgehead atoms. The van der Waals surface area contributed by atoms with Crippen molar-refractivity contribution in [1.29, 1.82) is 0 Å². The van der Waals surface area contributed by atoms with E-state index in [9.17, 15) is 18.0 Å². The summed E-state index contributed by atoms with van der Waals surface area (Å²) in [6, 6.07) is 6.62. The van der Waals surface area contributed by atoms with Gasteiger partial charge in [-0.2, -0.15) is 23.3 Å². The summed E-state index contributed by atoms with van der Waals surface area (Å²) in [4.78, 5) is 31.4. The minimum absolute atomic E-state index is 0.0351. The van der Waals surface area contributed by atoms with Crippen LogP contribution in [-0.2, 0) is 4.79 Å². The molecule has 53 heavy (non-hydrogen) atoms. The first-order valence-corrected chi connectivity index (χ1v) is 18.9. The van der Waals surface area contributed by atoms with E-state index in [4.69, 9.17) is 14.7 Å². The number of fused-ring (bicyclic) bond motifs is 2. The standard InChI is InChI=1S/C40H47F3N8O2/c1-5-31(52)50-19-38(20-50)12-14-49(15-13-38)36-28-16-27(25-7-8-25)33(32-24(2)6-9-30-29(32)18-44-47-30)35(53-23-40(41,42)43)34(28)45-37(46-36)51-21-39(22-51)11-10-26(17-39)48(3)4/h5-6,9,16,18,25-26H,1,7-8,10-15,17,19-23H2,2-4H3,(H,44,47)/t26-/m1/s1. The van der Waals surface area contributed by atoms with Crippen LogP contribution < -0.4 is 14.5 Å². The van der Waals surface area contributed by atoms with E-state index in [1.807, 2.05) is 24.0 Å². The van der Waals surface area contributed by atoms with Crippen LogP contribution in [0.4, 0.5) is 24.9 Å². The summed E-state index contributed by atoms with van der Waals surface area (Å²) in [5.41, 5.74) is 4.87. The highest BCUT2D eigenvalue weighted by Gasteiger charge is 2.50. The molecule has 1 atom stereocenters. The molecule has 0 unspecified atom stereocenters. The highest BCUT2D eigenvalue weighted by Crippen LogP contribution is 2.54. The topological polar surface area (TPSA) is 93.7 Å². The first-order chi connectivity index (χ1) is 25.3. The van der Waals surface area contributed by atoms with Crippen LogP contribution in [0, 0.1) is 17.8 Å². The maximum atomic E-state index is 14.1. The third-order valence-electron chi connectivity index (χ3n) is 12.8. The Balaban J connectivity index is 1.19. The lowest BCUT2D eigenvalue weighted by Crippen LogP contribution is -2.61. The van der Waals surface area contributed by atoms with Gasteiger partial charge in [-0.1, -0.05) is 12.6 Å². The molecule has 280 valence electrons. The molecule has 5 heterocycles. The number of halogens is 3. The summed E-state index contributed by atoms with van der Waals surface area (Å²) < 4.78 is 48.4. The van der Waals surface area contributed by atoms with Crippen LogP contribution in [0.25, 0.3) is 32.9 Å². The molecule has 2 saturated carbocycles. The molecule has 3 aliphatic heterocycles. The number of aromatic amines is 1. The molecular weight excluding hydrogens is 681 g/mol. The van der Waals surface area contributed by atoms with Crippen molar-refractivity contribution in [1.82, 2.24) is 30.0 Å². The number of nitrogens with zero attached hydrogens (tertiary/aromatic N) is 7. The number of aromatic nitrogens is 4. The van der Waals surface area contributed by atoms with Crippen LogP contribution in [0.3, 0.4) is 0 Å². The van der Waals surface area contributed by atoms with Gasteiger partial charge in [0.1, 0.15) is 11.3 Å². The second-order valence-corrected chi connectivity index (χ2v) is 16.8. The van der Waals surface area contributed by atoms with E-state index in [0.29, 0.717) is 23.1 Å². The van der Waals surface area contributed by atoms with Gasteiger partial charge in [0.2, 0.25) is 11.9 Å². The van der Waals surface area contributed by atoms with E-state index < -0.39 is 12.8 Å². The molecular formula is C40H47F3N8O2. The van der Waals surface area contributed by atoms with Crippen molar-refractivity contribution in [3.63, 3.8) is 0 Å². The third-order valence-corrected chi connectivity index (χ3v) is 12.8. The van der Waals surface area contributed by atoms with E-state index >= 15 is 0 Å². The second kappa shape index (κ2) is 12.3. The fourth-order valence-corrected chi connectivity index (χ4v) is 9.71. The predicted octanol–water partition coefficient (Wildman–Crippen LogP) is 6.84. The van der Waals surface area contributed by atoms with Crippen molar-refractivity contribution in [2.24, 2.45) is 10.8 Å². The van der Waals surface area contributed by atoms with Gasteiger partial charge < -0.3 is 24.3 Å². The molecule has 2 aliphatic carbocycles. The number of benzene rings is 2. The zero-order valence-corrected chi connectivity index (χ0v) is 30.7. The number of piperidine rings is 1. The molecule has 0 radical (unpaired) electrons. The van der Waals surface area contributed by atoms with Crippen molar-refractivity contribution in [3.8, 4) is 16.9 Å². The Morgan fingerprint density at radius 3 is 2.43 bits per heavy atom. The van der Waals surface area contributed by atoms with Gasteiger partial charge in [-0.05, 0) is 107 Å². The zero-order valence-electron chi connectivity index (χ0n) is 30.7. The maximum absolute atomic E-state index is 14.1. The Morgan fingerprint density at radius 1 is 1.02 bits per heavy atom. The number of amides is 1. The van der Waals surface area contributed by atoms with Gasteiger partial charge in [-0.3, -0.25) is 9.89 Å². The molecule has 2 aromatic heterocycles. The Kier molecular flexibility index (Phi) is 8.00. The van der Waals surface area contributed by atoms with Crippen molar-refractivity contribution in [3.05, 3.63) is 48.2 Å². The predicted molar refractivity (Wildman–Crippen MR) is 200 cm³/mol. The van der Waals surface area contributed by atoms with Crippen LogP contribution in [0.5, 0.6) is 5.75 Å². The summed E-state index contributed by atoms with van der Waals surface area (Å²) in [7, 11) is 4.28. The number of alkyl halides is 3. The molecule has 9 rings (SSSR count). The number of carbonyl (C=O) groups is 1. The van der Waals surface area contributed by atoms with Crippen LogP contribution in [0.15, 0.2) is 37.1 Å². The van der Waals surface area contributed by atoms with E-state index in [1.165, 1.54) is 6.08 Å². The number of ether oxygens (including phenoxy) is 1. The van der Waals surface area contributed by atoms with E-state index in [2.05, 4.69) is 51.6 Å². The largest absolute Gasteiger partial charge is 0.481 e. The number of carbonyl (C=O) groups excluding carboxylic acids is 1. The first-order valence-electron chi connectivity index (χ1n) is 18.9. The SMILES string of the molecule is C=CC(=O)N1CC2(CCN(c3nc(N4CC5(CC[C@@H](N(C)C)C5)C4)nc4c(OCC(F)(F)F)c(-c5c(C)ccc6[nH]ncc56)c(C5CC5)cc34)CC2)C1. The summed E-state index contributed by atoms with van der Waals surface area (Å²) in [5.74, 6) is 1.61. The Hall–Kier alpha value is -4.39. The number of nitrogens with one attached hydrogen (secondary N) is 1. The smallest absolute Gasteiger partial charge is 0.422 e.